The number of nitrogens with zero attached hydrogens (tertiary/aromatic N) is 1. The van der Waals surface area contributed by atoms with E-state index in [4.69, 9.17) is 4.74 Å². The van der Waals surface area contributed by atoms with E-state index in [-0.39, 0.29) is 0 Å². The number of ether oxygens (including phenoxy) is 1. The Kier molecular flexibility index (Phi) is 8.85. The molecule has 0 aromatic heterocycles. The van der Waals surface area contributed by atoms with Crippen LogP contribution in [0.1, 0.15) is 5.56 Å². The minimum absolute atomic E-state index is 0.837. The van der Waals surface area contributed by atoms with Gasteiger partial charge in [0.05, 0.1) is 11.4 Å². The van der Waals surface area contributed by atoms with Crippen LogP contribution in [0.15, 0.2) is 188 Å². The van der Waals surface area contributed by atoms with Crippen molar-refractivity contribution >= 4 is 59.0 Å². The predicted octanol–water partition coefficient (Wildman–Crippen LogP) is 8.69. The first-order chi connectivity index (χ1) is 23.8. The van der Waals surface area contributed by atoms with Gasteiger partial charge in [-0.15, -0.1) is 0 Å². The summed E-state index contributed by atoms with van der Waals surface area (Å²) in [6.45, 7) is 0.837. The first kappa shape index (κ1) is 30.3. The number of fused-ring (bicyclic) bond motifs is 2. The lowest BCUT2D eigenvalue weighted by Crippen LogP contribution is -2.31. The van der Waals surface area contributed by atoms with E-state index in [9.17, 15) is 0 Å². The Morgan fingerprint density at radius 2 is 0.729 bits per heavy atom. The topological polar surface area (TPSA) is 12.5 Å². The average molecular weight is 656 g/mol. The highest BCUT2D eigenvalue weighted by atomic mass is 31.1. The van der Waals surface area contributed by atoms with Gasteiger partial charge in [-0.2, -0.15) is 0 Å². The van der Waals surface area contributed by atoms with E-state index in [1.165, 1.54) is 37.4 Å². The summed E-state index contributed by atoms with van der Waals surface area (Å²) < 4.78 is 7.36. The number of anilines is 2. The molecule has 0 saturated heterocycles. The van der Waals surface area contributed by atoms with Gasteiger partial charge in [-0.1, -0.05) is 164 Å². The number of hydrogen-bond donors (Lipinski definition) is 0. The molecule has 1 aliphatic rings. The molecule has 4 heteroatoms. The largest absolute Gasteiger partial charge is 0.452 e. The lowest BCUT2D eigenvalue weighted by atomic mass is 10.1. The Morgan fingerprint density at radius 3 is 1.10 bits per heavy atom. The van der Waals surface area contributed by atoms with Crippen LogP contribution < -0.4 is 41.5 Å². The van der Waals surface area contributed by atoms with Gasteiger partial charge in [0.25, 0.3) is 0 Å². The zero-order valence-electron chi connectivity index (χ0n) is 26.6. The summed E-state index contributed by atoms with van der Waals surface area (Å²) in [7, 11) is -1.76. The van der Waals surface area contributed by atoms with Crippen LogP contribution in [-0.2, 0) is 6.42 Å². The molecule has 232 valence electrons. The Balaban J connectivity index is 1.33. The first-order valence-corrected chi connectivity index (χ1v) is 19.1. The quantitative estimate of drug-likeness (QED) is 0.144. The molecule has 0 unspecified atom stereocenters. The van der Waals surface area contributed by atoms with E-state index in [1.807, 2.05) is 0 Å². The zero-order valence-corrected chi connectivity index (χ0v) is 28.4. The minimum Gasteiger partial charge on any atom is -0.452 e. The molecule has 0 aliphatic carbocycles. The maximum Gasteiger partial charge on any atom is 0.159 e. The second kappa shape index (κ2) is 14.0. The van der Waals surface area contributed by atoms with Crippen molar-refractivity contribution in [2.45, 2.75) is 6.42 Å². The average Bonchev–Trinajstić information content (AvgIpc) is 3.16. The predicted molar refractivity (Wildman–Crippen MR) is 208 cm³/mol. The molecule has 8 rings (SSSR count). The van der Waals surface area contributed by atoms with Crippen LogP contribution in [0.2, 0.25) is 0 Å². The van der Waals surface area contributed by atoms with Crippen molar-refractivity contribution in [3.63, 3.8) is 0 Å². The van der Waals surface area contributed by atoms with Gasteiger partial charge in [0.2, 0.25) is 0 Å². The Hall–Kier alpha value is -5.00. The number of rotatable bonds is 9. The van der Waals surface area contributed by atoms with Crippen LogP contribution in [0.4, 0.5) is 11.4 Å². The van der Waals surface area contributed by atoms with Crippen LogP contribution in [0.5, 0.6) is 11.5 Å². The molecule has 0 N–H and O–H groups in total. The fourth-order valence-electron chi connectivity index (χ4n) is 6.53. The third kappa shape index (κ3) is 6.07. The standard InChI is InChI=1S/C44H35NOP2/c1-6-18-34(19-7-1)32-33-45-39-28-16-30-41(47(35-20-8-2-9-21-35)36-22-10-3-11-23-36)43(39)46-44-40(45)29-17-31-42(44)48(37-24-12-4-13-25-37)38-26-14-5-15-27-38/h1-31H,32-33H2. The van der Waals surface area contributed by atoms with Crippen LogP contribution >= 0.6 is 15.8 Å². The van der Waals surface area contributed by atoms with Gasteiger partial charge in [-0.25, -0.2) is 0 Å². The van der Waals surface area contributed by atoms with Gasteiger partial charge in [0.15, 0.2) is 11.5 Å². The molecule has 0 radical (unpaired) electrons. The SMILES string of the molecule is c1ccc(CCN2c3cccc(P(c4ccccc4)c4ccccc4)c3Oc3c2cccc3P(c2ccccc2)c2ccccc2)cc1. The lowest BCUT2D eigenvalue weighted by Gasteiger charge is -2.37. The Labute approximate surface area is 285 Å². The van der Waals surface area contributed by atoms with Crippen molar-refractivity contribution in [3.8, 4) is 11.5 Å². The third-order valence-corrected chi connectivity index (χ3v) is 13.7. The molecule has 7 aromatic carbocycles. The summed E-state index contributed by atoms with van der Waals surface area (Å²) in [5.74, 6) is 1.92. The number of benzene rings is 7. The molecule has 0 saturated carbocycles. The fourth-order valence-corrected chi connectivity index (χ4v) is 11.3. The fraction of sp³-hybridized carbons (Fsp3) is 0.0455. The van der Waals surface area contributed by atoms with Gasteiger partial charge >= 0.3 is 0 Å². The molecule has 48 heavy (non-hydrogen) atoms. The highest BCUT2D eigenvalue weighted by Crippen LogP contribution is 2.51. The lowest BCUT2D eigenvalue weighted by molar-refractivity contribution is 0.481. The highest BCUT2D eigenvalue weighted by molar-refractivity contribution is 7.80. The second-order valence-corrected chi connectivity index (χ2v) is 16.1. The molecule has 0 atom stereocenters. The minimum atomic E-state index is -0.881. The molecule has 7 aromatic rings. The van der Waals surface area contributed by atoms with Crippen molar-refractivity contribution < 1.29 is 4.74 Å². The normalized spacial score (nSPS) is 12.0. The van der Waals surface area contributed by atoms with E-state index in [2.05, 4.69) is 193 Å². The van der Waals surface area contributed by atoms with Crippen molar-refractivity contribution in [3.05, 3.63) is 194 Å². The third-order valence-electron chi connectivity index (χ3n) is 8.74. The van der Waals surface area contributed by atoms with E-state index >= 15 is 0 Å². The molecule has 0 amide bonds. The zero-order chi connectivity index (χ0) is 32.1. The van der Waals surface area contributed by atoms with Gasteiger partial charge < -0.3 is 9.64 Å². The molecule has 2 nitrogen and oxygen atoms in total. The summed E-state index contributed by atoms with van der Waals surface area (Å²) in [4.78, 5) is 2.50. The van der Waals surface area contributed by atoms with Crippen LogP contribution in [0.25, 0.3) is 0 Å². The monoisotopic (exact) mass is 655 g/mol. The maximum atomic E-state index is 7.36. The Bertz CT molecular complexity index is 1900. The van der Waals surface area contributed by atoms with Crippen molar-refractivity contribution in [2.75, 3.05) is 11.4 Å². The van der Waals surface area contributed by atoms with Crippen LogP contribution in [-0.4, -0.2) is 6.54 Å². The molecule has 0 bridgehead atoms. The van der Waals surface area contributed by atoms with E-state index in [1.54, 1.807) is 0 Å². The van der Waals surface area contributed by atoms with Gasteiger partial charge in [0.1, 0.15) is 0 Å². The molecular weight excluding hydrogens is 620 g/mol. The number of para-hydroxylation sites is 2. The maximum absolute atomic E-state index is 7.36. The van der Waals surface area contributed by atoms with Crippen molar-refractivity contribution in [1.82, 2.24) is 0 Å². The molecule has 0 fully saturated rings. The van der Waals surface area contributed by atoms with Gasteiger partial charge in [-0.3, -0.25) is 0 Å². The summed E-state index contributed by atoms with van der Waals surface area (Å²) >= 11 is 0. The summed E-state index contributed by atoms with van der Waals surface area (Å²) in [6.07, 6.45) is 0.923. The van der Waals surface area contributed by atoms with E-state index in [0.29, 0.717) is 0 Å². The molecular formula is C44H35NOP2. The summed E-state index contributed by atoms with van der Waals surface area (Å²) in [5, 5.41) is 7.69. The molecule has 1 heterocycles. The van der Waals surface area contributed by atoms with Crippen LogP contribution in [0.3, 0.4) is 0 Å². The van der Waals surface area contributed by atoms with Crippen molar-refractivity contribution in [2.24, 2.45) is 0 Å². The van der Waals surface area contributed by atoms with Gasteiger partial charge in [-0.05, 0) is 73.3 Å². The molecule has 1 aliphatic heterocycles. The van der Waals surface area contributed by atoms with E-state index in [0.717, 1.165) is 35.8 Å². The smallest absolute Gasteiger partial charge is 0.159 e. The van der Waals surface area contributed by atoms with Crippen LogP contribution in [0, 0.1) is 0 Å². The van der Waals surface area contributed by atoms with E-state index < -0.39 is 15.8 Å². The number of hydrogen-bond acceptors (Lipinski definition) is 2. The van der Waals surface area contributed by atoms with Crippen molar-refractivity contribution in [1.29, 1.82) is 0 Å². The first-order valence-electron chi connectivity index (χ1n) is 16.4. The second-order valence-electron chi connectivity index (χ2n) is 11.8. The van der Waals surface area contributed by atoms with Gasteiger partial charge in [0, 0.05) is 17.2 Å². The Morgan fingerprint density at radius 1 is 0.375 bits per heavy atom. The summed E-state index contributed by atoms with van der Waals surface area (Å²) in [5.41, 5.74) is 3.57. The summed E-state index contributed by atoms with van der Waals surface area (Å²) in [6, 6.07) is 67.9. The molecule has 0 spiro atoms. The highest BCUT2D eigenvalue weighted by Gasteiger charge is 2.33.